The van der Waals surface area contributed by atoms with Crippen molar-refractivity contribution in [1.82, 2.24) is 15.0 Å². The Morgan fingerprint density at radius 1 is 1.15 bits per heavy atom. The second-order valence-electron chi connectivity index (χ2n) is 5.02. The monoisotopic (exact) mass is 396 g/mol. The zero-order chi connectivity index (χ0) is 16.9. The second-order valence-corrected chi connectivity index (χ2v) is 5.02. The van der Waals surface area contributed by atoms with Crippen LogP contribution in [0.15, 0.2) is 48.9 Å². The number of hydrogen-bond acceptors (Lipinski definition) is 5. The van der Waals surface area contributed by atoms with Crippen molar-refractivity contribution < 1.29 is 14.3 Å². The van der Waals surface area contributed by atoms with Gasteiger partial charge in [-0.2, -0.15) is 0 Å². The van der Waals surface area contributed by atoms with E-state index in [9.17, 15) is 9.59 Å². The Morgan fingerprint density at radius 2 is 1.96 bits per heavy atom. The predicted molar refractivity (Wildman–Crippen MR) is 103 cm³/mol. The van der Waals surface area contributed by atoms with Gasteiger partial charge in [0, 0.05) is 11.8 Å². The van der Waals surface area contributed by atoms with Crippen molar-refractivity contribution in [1.29, 1.82) is 0 Å². The molecule has 0 fully saturated rings. The number of carbonyl (C=O) groups is 2. The molecule has 0 bridgehead atoms. The zero-order valence-corrected chi connectivity index (χ0v) is 15.5. The van der Waals surface area contributed by atoms with Crippen molar-refractivity contribution in [2.45, 2.75) is 6.92 Å². The first-order valence-corrected chi connectivity index (χ1v) is 7.50. The number of imidazole rings is 1. The summed E-state index contributed by atoms with van der Waals surface area (Å²) in [7, 11) is 0. The number of anilines is 1. The topological polar surface area (TPSA) is 88.2 Å². The molecule has 3 rings (SSSR count). The largest absolute Gasteiger partial charge is 0.465 e. The molecule has 0 saturated carbocycles. The predicted octanol–water partition coefficient (Wildman–Crippen LogP) is 3.01. The lowest BCUT2D eigenvalue weighted by Gasteiger charge is -2.20. The van der Waals surface area contributed by atoms with Gasteiger partial charge in [-0.1, -0.05) is 6.07 Å². The van der Waals surface area contributed by atoms with E-state index >= 15 is 0 Å². The van der Waals surface area contributed by atoms with Gasteiger partial charge in [0.1, 0.15) is 12.4 Å². The van der Waals surface area contributed by atoms with E-state index in [1.807, 2.05) is 0 Å². The molecule has 9 heteroatoms. The summed E-state index contributed by atoms with van der Waals surface area (Å²) in [5.41, 5.74) is 1.95. The Balaban J connectivity index is 0.00000169. The van der Waals surface area contributed by atoms with Crippen LogP contribution >= 0.6 is 24.8 Å². The van der Waals surface area contributed by atoms with Crippen molar-refractivity contribution in [3.8, 4) is 0 Å². The zero-order valence-electron chi connectivity index (χ0n) is 13.9. The molecule has 2 heterocycles. The van der Waals surface area contributed by atoms with Crippen molar-refractivity contribution in [2.75, 3.05) is 18.1 Å². The average Bonchev–Trinajstić information content (AvgIpc) is 3.08. The molecule has 7 nitrogen and oxygen atoms in total. The van der Waals surface area contributed by atoms with Crippen LogP contribution in [0.3, 0.4) is 0 Å². The average molecular weight is 397 g/mol. The van der Waals surface area contributed by atoms with Crippen LogP contribution in [0.5, 0.6) is 0 Å². The van der Waals surface area contributed by atoms with Crippen molar-refractivity contribution in [2.24, 2.45) is 0 Å². The number of rotatable bonds is 5. The number of fused-ring (bicyclic) bond motifs is 1. The van der Waals surface area contributed by atoms with E-state index in [4.69, 9.17) is 4.74 Å². The maximum Gasteiger partial charge on any atom is 0.326 e. The first-order chi connectivity index (χ1) is 11.7. The molecule has 0 spiro atoms. The van der Waals surface area contributed by atoms with Gasteiger partial charge < -0.3 is 9.72 Å². The van der Waals surface area contributed by atoms with Gasteiger partial charge in [-0.05, 0) is 37.3 Å². The molecule has 0 aliphatic heterocycles. The molecule has 3 aromatic rings. The van der Waals surface area contributed by atoms with Crippen LogP contribution < -0.4 is 4.90 Å². The molecule has 1 N–H and O–H groups in total. The lowest BCUT2D eigenvalue weighted by Crippen LogP contribution is -2.37. The first kappa shape index (κ1) is 21.4. The lowest BCUT2D eigenvalue weighted by atomic mass is 10.1. The third-order valence-corrected chi connectivity index (χ3v) is 3.43. The number of pyridine rings is 1. The maximum atomic E-state index is 12.9. The third-order valence-electron chi connectivity index (χ3n) is 3.43. The Morgan fingerprint density at radius 3 is 2.65 bits per heavy atom. The molecule has 1 aromatic carbocycles. The number of nitrogens with one attached hydrogen (secondary N) is 1. The Kier molecular flexibility index (Phi) is 8.02. The molecule has 0 aliphatic rings. The number of aromatic nitrogens is 3. The molecule has 0 unspecified atom stereocenters. The SMILES string of the molecule is CCOC(=O)CN(C(=O)c1ccc2nc[nH]c2c1)c1ccccn1.Cl.Cl. The summed E-state index contributed by atoms with van der Waals surface area (Å²) in [5, 5.41) is 0. The summed E-state index contributed by atoms with van der Waals surface area (Å²) in [5.74, 6) is -0.433. The van der Waals surface area contributed by atoms with Gasteiger partial charge in [-0.25, -0.2) is 9.97 Å². The lowest BCUT2D eigenvalue weighted by molar-refractivity contribution is -0.141. The number of benzene rings is 1. The number of hydrogen-bond donors (Lipinski definition) is 1. The van der Waals surface area contributed by atoms with E-state index in [0.29, 0.717) is 11.4 Å². The highest BCUT2D eigenvalue weighted by molar-refractivity contribution is 6.09. The maximum absolute atomic E-state index is 12.9. The summed E-state index contributed by atoms with van der Waals surface area (Å²) in [6.45, 7) is 1.77. The van der Waals surface area contributed by atoms with Crippen molar-refractivity contribution >= 4 is 53.5 Å². The third kappa shape index (κ3) is 4.71. The van der Waals surface area contributed by atoms with Gasteiger partial charge in [0.15, 0.2) is 0 Å². The number of H-pyrrole nitrogens is 1. The van der Waals surface area contributed by atoms with Crippen LogP contribution in [0.25, 0.3) is 11.0 Å². The van der Waals surface area contributed by atoms with Crippen LogP contribution in [0, 0.1) is 0 Å². The quantitative estimate of drug-likeness (QED) is 0.669. The smallest absolute Gasteiger partial charge is 0.326 e. The number of ether oxygens (including phenoxy) is 1. The summed E-state index contributed by atoms with van der Waals surface area (Å²) in [6, 6.07) is 10.3. The van der Waals surface area contributed by atoms with Crippen LogP contribution in [0.2, 0.25) is 0 Å². The van der Waals surface area contributed by atoms with Crippen molar-refractivity contribution in [3.63, 3.8) is 0 Å². The van der Waals surface area contributed by atoms with E-state index in [1.165, 1.54) is 4.90 Å². The molecule has 0 radical (unpaired) electrons. The minimum absolute atomic E-state index is 0. The Hall–Kier alpha value is -2.64. The number of esters is 1. The number of nitrogens with zero attached hydrogens (tertiary/aromatic N) is 3. The van der Waals surface area contributed by atoms with E-state index < -0.39 is 5.97 Å². The van der Waals surface area contributed by atoms with E-state index in [2.05, 4.69) is 15.0 Å². The number of halogens is 2. The molecule has 0 aliphatic carbocycles. The van der Waals surface area contributed by atoms with Crippen LogP contribution in [-0.2, 0) is 9.53 Å². The molecular formula is C17H18Cl2N4O3. The van der Waals surface area contributed by atoms with Crippen molar-refractivity contribution in [3.05, 3.63) is 54.5 Å². The van der Waals surface area contributed by atoms with Crippen LogP contribution in [-0.4, -0.2) is 40.0 Å². The molecule has 138 valence electrons. The highest BCUT2D eigenvalue weighted by atomic mass is 35.5. The molecule has 1 amide bonds. The van der Waals surface area contributed by atoms with Gasteiger partial charge in [0.05, 0.1) is 24.0 Å². The summed E-state index contributed by atoms with van der Waals surface area (Å²) in [4.78, 5) is 37.3. The first-order valence-electron chi connectivity index (χ1n) is 7.50. The summed E-state index contributed by atoms with van der Waals surface area (Å²) < 4.78 is 4.96. The fourth-order valence-electron chi connectivity index (χ4n) is 2.33. The molecule has 2 aromatic heterocycles. The molecule has 0 atom stereocenters. The highest BCUT2D eigenvalue weighted by Crippen LogP contribution is 2.17. The van der Waals surface area contributed by atoms with E-state index in [1.54, 1.807) is 55.8 Å². The van der Waals surface area contributed by atoms with E-state index in [-0.39, 0.29) is 43.9 Å². The van der Waals surface area contributed by atoms with Gasteiger partial charge in [0.25, 0.3) is 5.91 Å². The summed E-state index contributed by atoms with van der Waals surface area (Å²) >= 11 is 0. The van der Waals surface area contributed by atoms with Gasteiger partial charge in [-0.3, -0.25) is 14.5 Å². The highest BCUT2D eigenvalue weighted by Gasteiger charge is 2.22. The fourth-order valence-corrected chi connectivity index (χ4v) is 2.33. The number of carbonyl (C=O) groups excluding carboxylic acids is 2. The Labute approximate surface area is 162 Å². The molecular weight excluding hydrogens is 379 g/mol. The Bertz CT molecular complexity index is 871. The van der Waals surface area contributed by atoms with E-state index in [0.717, 1.165) is 11.0 Å². The van der Waals surface area contributed by atoms with Crippen LogP contribution in [0.4, 0.5) is 5.82 Å². The normalized spacial score (nSPS) is 9.73. The van der Waals surface area contributed by atoms with Gasteiger partial charge in [0.2, 0.25) is 0 Å². The second kappa shape index (κ2) is 9.74. The van der Waals surface area contributed by atoms with Crippen LogP contribution in [0.1, 0.15) is 17.3 Å². The number of aromatic amines is 1. The number of amides is 1. The van der Waals surface area contributed by atoms with Gasteiger partial charge in [-0.15, -0.1) is 24.8 Å². The minimum Gasteiger partial charge on any atom is -0.465 e. The fraction of sp³-hybridized carbons (Fsp3) is 0.176. The standard InChI is InChI=1S/C17H16N4O3.2ClH/c1-2-24-16(22)10-21(15-5-3-4-8-18-15)17(23)12-6-7-13-14(9-12)20-11-19-13;;/h3-9,11H,2,10H2,1H3,(H,19,20);2*1H. The molecule has 0 saturated heterocycles. The molecule has 26 heavy (non-hydrogen) atoms. The van der Waals surface area contributed by atoms with Gasteiger partial charge >= 0.3 is 5.97 Å². The minimum atomic E-state index is -0.487. The summed E-state index contributed by atoms with van der Waals surface area (Å²) in [6.07, 6.45) is 3.13.